The van der Waals surface area contributed by atoms with Crippen LogP contribution in [0, 0.1) is 11.6 Å². The first-order valence-corrected chi connectivity index (χ1v) is 12.1. The van der Waals surface area contributed by atoms with E-state index in [9.17, 15) is 13.6 Å². The van der Waals surface area contributed by atoms with Gasteiger partial charge in [-0.25, -0.2) is 13.8 Å². The summed E-state index contributed by atoms with van der Waals surface area (Å²) in [5.74, 6) is -0.705. The van der Waals surface area contributed by atoms with Gasteiger partial charge in [-0.15, -0.1) is 0 Å². The number of carbonyl (C=O) groups excluding carboxylic acids is 1. The van der Waals surface area contributed by atoms with Crippen LogP contribution in [0.4, 0.5) is 26.2 Å². The van der Waals surface area contributed by atoms with Gasteiger partial charge in [0.05, 0.1) is 6.20 Å². The number of halogens is 3. The van der Waals surface area contributed by atoms with E-state index in [1.165, 1.54) is 24.4 Å². The first-order valence-electron chi connectivity index (χ1n) is 11.7. The van der Waals surface area contributed by atoms with Crippen LogP contribution < -0.4 is 10.6 Å². The van der Waals surface area contributed by atoms with Crippen LogP contribution in [0.1, 0.15) is 54.7 Å². The van der Waals surface area contributed by atoms with Crippen LogP contribution in [0.5, 0.6) is 0 Å². The summed E-state index contributed by atoms with van der Waals surface area (Å²) in [4.78, 5) is 20.1. The maximum absolute atomic E-state index is 14.8. The number of benzene rings is 2. The Labute approximate surface area is 208 Å². The van der Waals surface area contributed by atoms with Gasteiger partial charge in [0.1, 0.15) is 16.7 Å². The molecule has 0 aliphatic heterocycles. The van der Waals surface area contributed by atoms with Crippen molar-refractivity contribution in [3.8, 4) is 0 Å². The van der Waals surface area contributed by atoms with Crippen molar-refractivity contribution in [1.82, 2.24) is 9.97 Å². The van der Waals surface area contributed by atoms with Gasteiger partial charge in [-0.2, -0.15) is 4.98 Å². The van der Waals surface area contributed by atoms with Crippen molar-refractivity contribution in [2.24, 2.45) is 0 Å². The van der Waals surface area contributed by atoms with Crippen molar-refractivity contribution in [1.29, 1.82) is 0 Å². The molecule has 2 aromatic carbocycles. The van der Waals surface area contributed by atoms with Gasteiger partial charge in [-0.05, 0) is 48.1 Å². The molecule has 1 aliphatic carbocycles. The van der Waals surface area contributed by atoms with Crippen LogP contribution in [0.15, 0.2) is 55.3 Å². The second-order valence-electron chi connectivity index (χ2n) is 8.72. The number of hydrogen-bond donors (Lipinski definition) is 2. The monoisotopic (exact) mass is 496 g/mol. The number of nitrogens with one attached hydrogen (secondary N) is 2. The third-order valence-corrected chi connectivity index (χ3v) is 6.43. The van der Waals surface area contributed by atoms with Gasteiger partial charge in [-0.1, -0.05) is 61.7 Å². The Hall–Kier alpha value is -3.32. The van der Waals surface area contributed by atoms with Crippen LogP contribution in [0.2, 0.25) is 5.02 Å². The summed E-state index contributed by atoms with van der Waals surface area (Å²) in [5.41, 5.74) is 2.22. The molecule has 0 spiro atoms. The fourth-order valence-electron chi connectivity index (χ4n) is 4.43. The first kappa shape index (κ1) is 24.8. The molecule has 8 heteroatoms. The molecule has 0 bridgehead atoms. The summed E-state index contributed by atoms with van der Waals surface area (Å²) >= 11 is 6.25. The van der Waals surface area contributed by atoms with Gasteiger partial charge in [0.25, 0.3) is 0 Å². The first-order chi connectivity index (χ1) is 16.9. The molecule has 0 radical (unpaired) electrons. The molecule has 0 amide bonds. The molecule has 4 rings (SSSR count). The fraction of sp³-hybridized carbons (Fsp3) is 0.296. The van der Waals surface area contributed by atoms with Crippen molar-refractivity contribution < 1.29 is 13.6 Å². The molecule has 1 fully saturated rings. The van der Waals surface area contributed by atoms with Crippen molar-refractivity contribution in [3.05, 3.63) is 88.6 Å². The second kappa shape index (κ2) is 11.4. The summed E-state index contributed by atoms with van der Waals surface area (Å²) in [6.07, 6.45) is 7.73. The van der Waals surface area contributed by atoms with E-state index in [2.05, 4.69) is 27.2 Å². The van der Waals surface area contributed by atoms with E-state index < -0.39 is 11.6 Å². The topological polar surface area (TPSA) is 66.9 Å². The number of anilines is 3. The summed E-state index contributed by atoms with van der Waals surface area (Å²) < 4.78 is 29.6. The highest BCUT2D eigenvalue weighted by Gasteiger charge is 2.23. The van der Waals surface area contributed by atoms with Gasteiger partial charge in [-0.3, -0.25) is 4.79 Å². The lowest BCUT2D eigenvalue weighted by molar-refractivity contribution is -0.114. The highest BCUT2D eigenvalue weighted by molar-refractivity contribution is 6.32. The highest BCUT2D eigenvalue weighted by atomic mass is 35.5. The number of ketones is 1. The van der Waals surface area contributed by atoms with Gasteiger partial charge in [0.15, 0.2) is 11.6 Å². The van der Waals surface area contributed by atoms with Crippen molar-refractivity contribution in [3.63, 3.8) is 0 Å². The Morgan fingerprint density at radius 3 is 2.54 bits per heavy atom. The molecule has 5 nitrogen and oxygen atoms in total. The van der Waals surface area contributed by atoms with E-state index in [0.29, 0.717) is 17.4 Å². The maximum Gasteiger partial charge on any atom is 0.229 e. The lowest BCUT2D eigenvalue weighted by Crippen LogP contribution is -2.10. The van der Waals surface area contributed by atoms with Gasteiger partial charge >= 0.3 is 0 Å². The SMILES string of the molecule is C=CC(=O)Cc1cccc(CNc2nc(Nc3cc(F)c(C4CCCCC4)c(F)c3)ncc2Cl)c1. The number of aromatic nitrogens is 2. The minimum absolute atomic E-state index is 0.0516. The molecule has 0 unspecified atom stereocenters. The van der Waals surface area contributed by atoms with E-state index in [4.69, 9.17) is 11.6 Å². The second-order valence-corrected chi connectivity index (χ2v) is 9.13. The van der Waals surface area contributed by atoms with E-state index >= 15 is 0 Å². The fourth-order valence-corrected chi connectivity index (χ4v) is 4.58. The van der Waals surface area contributed by atoms with E-state index in [0.717, 1.165) is 43.2 Å². The molecule has 1 saturated carbocycles. The van der Waals surface area contributed by atoms with Crippen LogP contribution >= 0.6 is 11.6 Å². The Bertz CT molecular complexity index is 1200. The molecule has 1 heterocycles. The summed E-state index contributed by atoms with van der Waals surface area (Å²) in [5, 5.41) is 6.32. The molecule has 2 N–H and O–H groups in total. The summed E-state index contributed by atoms with van der Waals surface area (Å²) in [6, 6.07) is 10.2. The van der Waals surface area contributed by atoms with Crippen LogP contribution in [0.3, 0.4) is 0 Å². The maximum atomic E-state index is 14.8. The number of allylic oxidation sites excluding steroid dienone is 1. The zero-order chi connectivity index (χ0) is 24.8. The number of carbonyl (C=O) groups is 1. The Kier molecular flexibility index (Phi) is 8.08. The molecular formula is C27H27ClF2N4O. The van der Waals surface area contributed by atoms with Crippen LogP contribution in [-0.4, -0.2) is 15.8 Å². The quantitative estimate of drug-likeness (QED) is 0.309. The molecule has 1 aromatic heterocycles. The van der Waals surface area contributed by atoms with Gasteiger partial charge < -0.3 is 10.6 Å². The Morgan fingerprint density at radius 1 is 1.11 bits per heavy atom. The van der Waals surface area contributed by atoms with Gasteiger partial charge in [0, 0.05) is 24.2 Å². The van der Waals surface area contributed by atoms with E-state index in [1.54, 1.807) is 0 Å². The largest absolute Gasteiger partial charge is 0.365 e. The number of rotatable bonds is 9. The molecule has 0 saturated heterocycles. The zero-order valence-electron chi connectivity index (χ0n) is 19.3. The van der Waals surface area contributed by atoms with Crippen LogP contribution in [0.25, 0.3) is 0 Å². The zero-order valence-corrected chi connectivity index (χ0v) is 20.0. The third kappa shape index (κ3) is 6.42. The minimum Gasteiger partial charge on any atom is -0.365 e. The molecule has 3 aromatic rings. The standard InChI is InChI=1S/C27H27ClF2N4O/c1-2-21(35)12-17-7-6-8-18(11-17)15-31-26-22(28)16-32-27(34-26)33-20-13-23(29)25(24(30)14-20)19-9-4-3-5-10-19/h2,6-8,11,13-14,16,19H,1,3-5,9-10,12,15H2,(H2,31,32,33,34). The average molecular weight is 497 g/mol. The van der Waals surface area contributed by atoms with E-state index in [1.807, 2.05) is 24.3 Å². The lowest BCUT2D eigenvalue weighted by Gasteiger charge is -2.23. The Balaban J connectivity index is 1.45. The highest BCUT2D eigenvalue weighted by Crippen LogP contribution is 2.36. The number of nitrogens with zero attached hydrogens (tertiary/aromatic N) is 2. The van der Waals surface area contributed by atoms with Gasteiger partial charge in [0.2, 0.25) is 5.95 Å². The smallest absolute Gasteiger partial charge is 0.229 e. The average Bonchev–Trinajstić information content (AvgIpc) is 2.85. The lowest BCUT2D eigenvalue weighted by atomic mass is 9.83. The van der Waals surface area contributed by atoms with Crippen molar-refractivity contribution in [2.75, 3.05) is 10.6 Å². The molecule has 0 atom stereocenters. The van der Waals surface area contributed by atoms with Crippen molar-refractivity contribution >= 4 is 34.8 Å². The van der Waals surface area contributed by atoms with Crippen LogP contribution in [-0.2, 0) is 17.8 Å². The molecule has 35 heavy (non-hydrogen) atoms. The molecular weight excluding hydrogens is 470 g/mol. The third-order valence-electron chi connectivity index (χ3n) is 6.15. The summed E-state index contributed by atoms with van der Waals surface area (Å²) in [6.45, 7) is 3.91. The minimum atomic E-state index is -0.554. The van der Waals surface area contributed by atoms with Crippen molar-refractivity contribution in [2.45, 2.75) is 51.0 Å². The summed E-state index contributed by atoms with van der Waals surface area (Å²) in [7, 11) is 0. The van der Waals surface area contributed by atoms with E-state index in [-0.39, 0.29) is 35.3 Å². The predicted molar refractivity (Wildman–Crippen MR) is 135 cm³/mol. The molecule has 182 valence electrons. The Morgan fingerprint density at radius 2 is 1.83 bits per heavy atom. The number of hydrogen-bond acceptors (Lipinski definition) is 5. The normalized spacial score (nSPS) is 13.9. The molecule has 1 aliphatic rings. The predicted octanol–water partition coefficient (Wildman–Crippen LogP) is 7.11.